The quantitative estimate of drug-likeness (QED) is 0.848. The van der Waals surface area contributed by atoms with Crippen LogP contribution in [0.25, 0.3) is 0 Å². The third-order valence-corrected chi connectivity index (χ3v) is 3.14. The van der Waals surface area contributed by atoms with Gasteiger partial charge < -0.3 is 9.88 Å². The summed E-state index contributed by atoms with van der Waals surface area (Å²) < 4.78 is 2.21. The van der Waals surface area contributed by atoms with Gasteiger partial charge in [0.25, 0.3) is 0 Å². The molecule has 17 heavy (non-hydrogen) atoms. The third kappa shape index (κ3) is 2.74. The molecule has 1 heterocycles. The molecule has 3 heteroatoms. The highest BCUT2D eigenvalue weighted by Gasteiger charge is 2.20. The summed E-state index contributed by atoms with van der Waals surface area (Å²) in [7, 11) is 0. The van der Waals surface area contributed by atoms with Gasteiger partial charge in [0, 0.05) is 25.3 Å². The average Bonchev–Trinajstić information content (AvgIpc) is 3.09. The molecule has 2 aromatic rings. The molecule has 1 aliphatic rings. The molecule has 1 aromatic carbocycles. The summed E-state index contributed by atoms with van der Waals surface area (Å²) in [6.07, 6.45) is 6.52. The molecule has 0 aliphatic heterocycles. The van der Waals surface area contributed by atoms with Crippen molar-refractivity contribution in [3.8, 4) is 0 Å². The van der Waals surface area contributed by atoms with E-state index in [9.17, 15) is 0 Å². The van der Waals surface area contributed by atoms with E-state index in [1.807, 2.05) is 18.6 Å². The first-order chi connectivity index (χ1) is 8.42. The molecule has 0 unspecified atom stereocenters. The summed E-state index contributed by atoms with van der Waals surface area (Å²) in [6.45, 7) is 1.83. The minimum absolute atomic E-state index is 0.745. The zero-order chi connectivity index (χ0) is 11.5. The van der Waals surface area contributed by atoms with Crippen molar-refractivity contribution in [3.63, 3.8) is 0 Å². The van der Waals surface area contributed by atoms with Crippen molar-refractivity contribution in [3.05, 3.63) is 54.1 Å². The Hall–Kier alpha value is -1.61. The second-order valence-electron chi connectivity index (χ2n) is 4.65. The van der Waals surface area contributed by atoms with Crippen LogP contribution in [0.2, 0.25) is 0 Å². The first kappa shape index (κ1) is 10.5. The van der Waals surface area contributed by atoms with E-state index in [1.54, 1.807) is 0 Å². The van der Waals surface area contributed by atoms with E-state index in [2.05, 4.69) is 39.1 Å². The lowest BCUT2D eigenvalue weighted by Gasteiger charge is -2.08. The topological polar surface area (TPSA) is 29.9 Å². The summed E-state index contributed by atoms with van der Waals surface area (Å²) in [5.74, 6) is 0. The Kier molecular flexibility index (Phi) is 2.92. The van der Waals surface area contributed by atoms with Gasteiger partial charge in [-0.05, 0) is 18.4 Å². The van der Waals surface area contributed by atoms with E-state index >= 15 is 0 Å². The van der Waals surface area contributed by atoms with Gasteiger partial charge in [-0.15, -0.1) is 0 Å². The number of benzene rings is 1. The van der Waals surface area contributed by atoms with Gasteiger partial charge in [0.05, 0.1) is 12.0 Å². The lowest BCUT2D eigenvalue weighted by atomic mass is 10.2. The van der Waals surface area contributed by atoms with Gasteiger partial charge in [-0.2, -0.15) is 0 Å². The second-order valence-corrected chi connectivity index (χ2v) is 4.65. The average molecular weight is 227 g/mol. The Balaban J connectivity index is 1.67. The number of nitrogens with one attached hydrogen (secondary N) is 1. The van der Waals surface area contributed by atoms with E-state index in [4.69, 9.17) is 0 Å². The van der Waals surface area contributed by atoms with Crippen molar-refractivity contribution < 1.29 is 0 Å². The number of rotatable bonds is 5. The molecule has 0 radical (unpaired) electrons. The van der Waals surface area contributed by atoms with E-state index in [0.29, 0.717) is 0 Å². The van der Waals surface area contributed by atoms with Gasteiger partial charge in [0.2, 0.25) is 0 Å². The first-order valence-corrected chi connectivity index (χ1v) is 6.18. The third-order valence-electron chi connectivity index (χ3n) is 3.14. The Morgan fingerprint density at radius 1 is 1.24 bits per heavy atom. The van der Waals surface area contributed by atoms with Gasteiger partial charge in [-0.25, -0.2) is 4.98 Å². The highest BCUT2D eigenvalue weighted by Crippen LogP contribution is 2.19. The molecule has 1 aliphatic carbocycles. The maximum absolute atomic E-state index is 4.24. The SMILES string of the molecule is c1ccc(Cn2cncc2CNC2CC2)cc1. The maximum atomic E-state index is 4.24. The fourth-order valence-electron chi connectivity index (χ4n) is 1.95. The number of imidazole rings is 1. The highest BCUT2D eigenvalue weighted by molar-refractivity contribution is 5.16. The van der Waals surface area contributed by atoms with E-state index in [-0.39, 0.29) is 0 Å². The van der Waals surface area contributed by atoms with Crippen molar-refractivity contribution in [2.24, 2.45) is 0 Å². The Morgan fingerprint density at radius 3 is 2.82 bits per heavy atom. The van der Waals surface area contributed by atoms with Gasteiger partial charge in [0.15, 0.2) is 0 Å². The van der Waals surface area contributed by atoms with Crippen molar-refractivity contribution in [1.29, 1.82) is 0 Å². The zero-order valence-electron chi connectivity index (χ0n) is 9.84. The molecule has 0 atom stereocenters. The minimum Gasteiger partial charge on any atom is -0.329 e. The van der Waals surface area contributed by atoms with E-state index < -0.39 is 0 Å². The summed E-state index contributed by atoms with van der Waals surface area (Å²) in [6, 6.07) is 11.3. The molecule has 1 N–H and O–H groups in total. The summed E-state index contributed by atoms with van der Waals surface area (Å²) >= 11 is 0. The van der Waals surface area contributed by atoms with E-state index in [0.717, 1.165) is 19.1 Å². The highest BCUT2D eigenvalue weighted by atomic mass is 15.1. The number of aromatic nitrogens is 2. The lowest BCUT2D eigenvalue weighted by molar-refractivity contribution is 0.634. The first-order valence-electron chi connectivity index (χ1n) is 6.18. The summed E-state index contributed by atoms with van der Waals surface area (Å²) in [5, 5.41) is 3.52. The normalized spacial score (nSPS) is 15.1. The van der Waals surface area contributed by atoms with E-state index in [1.165, 1.54) is 24.1 Å². The monoisotopic (exact) mass is 227 g/mol. The Morgan fingerprint density at radius 2 is 2.06 bits per heavy atom. The zero-order valence-corrected chi connectivity index (χ0v) is 9.84. The molecular weight excluding hydrogens is 210 g/mol. The van der Waals surface area contributed by atoms with Crippen molar-refractivity contribution in [2.75, 3.05) is 0 Å². The molecule has 0 spiro atoms. The number of nitrogens with zero attached hydrogens (tertiary/aromatic N) is 2. The van der Waals surface area contributed by atoms with Gasteiger partial charge >= 0.3 is 0 Å². The van der Waals surface area contributed by atoms with Crippen LogP contribution >= 0.6 is 0 Å². The van der Waals surface area contributed by atoms with Crippen LogP contribution in [0.15, 0.2) is 42.9 Å². The van der Waals surface area contributed by atoms with Gasteiger partial charge in [-0.3, -0.25) is 0 Å². The molecule has 0 saturated heterocycles. The Labute approximate surface area is 101 Å². The van der Waals surface area contributed by atoms with Crippen LogP contribution in [0.5, 0.6) is 0 Å². The fraction of sp³-hybridized carbons (Fsp3) is 0.357. The van der Waals surface area contributed by atoms with Crippen molar-refractivity contribution in [1.82, 2.24) is 14.9 Å². The smallest absolute Gasteiger partial charge is 0.0951 e. The van der Waals surface area contributed by atoms with Crippen LogP contribution in [0.3, 0.4) is 0 Å². The van der Waals surface area contributed by atoms with Crippen LogP contribution in [0, 0.1) is 0 Å². The van der Waals surface area contributed by atoms with Gasteiger partial charge in [-0.1, -0.05) is 30.3 Å². The molecule has 88 valence electrons. The molecular formula is C14H17N3. The lowest BCUT2D eigenvalue weighted by Crippen LogP contribution is -2.18. The molecule has 0 amide bonds. The second kappa shape index (κ2) is 4.72. The fourth-order valence-corrected chi connectivity index (χ4v) is 1.95. The molecule has 3 nitrogen and oxygen atoms in total. The Bertz CT molecular complexity index is 471. The predicted octanol–water partition coefficient (Wildman–Crippen LogP) is 2.18. The molecule has 0 bridgehead atoms. The molecule has 1 saturated carbocycles. The number of hydrogen-bond donors (Lipinski definition) is 1. The summed E-state index contributed by atoms with van der Waals surface area (Å²) in [5.41, 5.74) is 2.58. The van der Waals surface area contributed by atoms with Crippen LogP contribution in [-0.2, 0) is 13.1 Å². The standard InChI is InChI=1S/C14H17N3/c1-2-4-12(5-3-1)10-17-11-15-8-14(17)9-16-13-6-7-13/h1-5,8,11,13,16H,6-7,9-10H2. The molecule has 3 rings (SSSR count). The van der Waals surface area contributed by atoms with Crippen molar-refractivity contribution >= 4 is 0 Å². The van der Waals surface area contributed by atoms with Crippen molar-refractivity contribution in [2.45, 2.75) is 32.0 Å². The molecule has 1 fully saturated rings. The summed E-state index contributed by atoms with van der Waals surface area (Å²) in [4.78, 5) is 4.24. The number of hydrogen-bond acceptors (Lipinski definition) is 2. The van der Waals surface area contributed by atoms with Crippen LogP contribution in [0.4, 0.5) is 0 Å². The molecule has 1 aromatic heterocycles. The minimum atomic E-state index is 0.745. The predicted molar refractivity (Wildman–Crippen MR) is 67.6 cm³/mol. The van der Waals surface area contributed by atoms with Crippen LogP contribution < -0.4 is 5.32 Å². The maximum Gasteiger partial charge on any atom is 0.0951 e. The van der Waals surface area contributed by atoms with Crippen LogP contribution in [-0.4, -0.2) is 15.6 Å². The largest absolute Gasteiger partial charge is 0.329 e. The van der Waals surface area contributed by atoms with Crippen LogP contribution in [0.1, 0.15) is 24.1 Å². The van der Waals surface area contributed by atoms with Gasteiger partial charge in [0.1, 0.15) is 0 Å².